The highest BCUT2D eigenvalue weighted by molar-refractivity contribution is 6.37. The number of amides is 4. The number of nitrogens with one attached hydrogen (secondary N) is 8. The lowest BCUT2D eigenvalue weighted by Crippen LogP contribution is -2.47. The fraction of sp³-hybridized carbons (Fsp3) is 0.319. The highest BCUT2D eigenvalue weighted by Gasteiger charge is 2.30. The smallest absolute Gasteiger partial charge is 0.270 e. The highest BCUT2D eigenvalue weighted by atomic mass is 35.5. The Morgan fingerprint density at radius 2 is 0.720 bits per heavy atom. The van der Waals surface area contributed by atoms with Crippen molar-refractivity contribution < 1.29 is 19.2 Å². The number of hydrogen-bond acceptors (Lipinski definition) is 23. The number of aryl methyl sites for hydroxylation is 2. The summed E-state index contributed by atoms with van der Waals surface area (Å²) in [5, 5.41) is 18.1. The molecule has 0 bridgehead atoms. The van der Waals surface area contributed by atoms with E-state index in [9.17, 15) is 19.2 Å². The van der Waals surface area contributed by atoms with Gasteiger partial charge in [0.05, 0.1) is 79.7 Å². The Labute approximate surface area is 775 Å². The second-order valence-corrected chi connectivity index (χ2v) is 36.0. The van der Waals surface area contributed by atoms with E-state index in [1.54, 1.807) is 49.6 Å². The summed E-state index contributed by atoms with van der Waals surface area (Å²) < 4.78 is 8.12. The number of imidazole rings is 4. The van der Waals surface area contributed by atoms with E-state index in [1.807, 2.05) is 165 Å². The predicted octanol–water partition coefficient (Wildman–Crippen LogP) is 15.6. The molecule has 1 aliphatic carbocycles. The second kappa shape index (κ2) is 38.6. The van der Waals surface area contributed by atoms with Crippen molar-refractivity contribution in [2.24, 2.45) is 13.0 Å². The zero-order chi connectivity index (χ0) is 91.5. The Balaban J connectivity index is 0.000000118. The van der Waals surface area contributed by atoms with E-state index in [1.165, 1.54) is 12.8 Å². The number of likely N-dealkylation sites (N-methyl/N-ethyl adjacent to an activating group) is 3. The van der Waals surface area contributed by atoms with Gasteiger partial charge in [-0.2, -0.15) is 0 Å². The average molecular weight is 1840 g/mol. The van der Waals surface area contributed by atoms with Crippen LogP contribution in [0.5, 0.6) is 0 Å². The number of aromatic nitrogens is 20. The summed E-state index contributed by atoms with van der Waals surface area (Å²) >= 11 is 19.7. The molecule has 35 nitrogen and oxygen atoms in total. The van der Waals surface area contributed by atoms with Gasteiger partial charge in [0.2, 0.25) is 23.8 Å². The van der Waals surface area contributed by atoms with Gasteiger partial charge in [-0.15, -0.1) is 0 Å². The van der Waals surface area contributed by atoms with Crippen molar-refractivity contribution >= 4 is 149 Å². The predicted molar refractivity (Wildman–Crippen MR) is 514 cm³/mol. The molecule has 5 fully saturated rings. The third-order valence-electron chi connectivity index (χ3n) is 23.8. The summed E-state index contributed by atoms with van der Waals surface area (Å²) in [5.74, 6) is 2.42. The molecule has 4 aliphatic heterocycles. The molecule has 5 aliphatic rings. The van der Waals surface area contributed by atoms with E-state index in [-0.39, 0.29) is 23.6 Å². The Kier molecular flexibility index (Phi) is 25.9. The molecular weight excluding hydrogens is 1730 g/mol. The van der Waals surface area contributed by atoms with E-state index in [0.717, 1.165) is 196 Å². The lowest BCUT2D eigenvalue weighted by molar-refractivity contribution is 0.0642. The molecule has 0 unspecified atom stereocenters. The lowest BCUT2D eigenvalue weighted by atomic mass is 10.1. The van der Waals surface area contributed by atoms with E-state index in [2.05, 4.69) is 174 Å². The van der Waals surface area contributed by atoms with Gasteiger partial charge in [-0.25, -0.2) is 59.8 Å². The van der Waals surface area contributed by atoms with Crippen LogP contribution in [-0.2, 0) is 13.6 Å². The largest absolute Gasteiger partial charge is 0.350 e. The topological polar surface area (TPSA) is 377 Å². The standard InChI is InChI=1S/C25H29ClN8O.C24H25ClN8O.C24H27ClN8O.C21H21N7O/c1-16(2)13-33-14-22(28-15-33)20-4-5-27-25(31-20)29-18-10-17-11-21(30-23(17)19(26)12-18)24(35)34-8-6-32(3)7-9-34;1-31-6-8-32(9-7-31)23(34)20-11-15-10-16(12-18(25)22(15)29-20)28-24-26-5-4-19(30-24)21-13-33(14-27-21)17-2-3-17;1-15(2)33-13-21(27-14-33)19-4-5-26-24(30-19)28-17-10-16-11-20(29-22(16)18(25)12-17)23(34)32-8-6-31(3)7-9-32;1-13-8-15(9-14-10-17(25-19(13)14)20(29)28-6-3-7-28)24-21-22-5-4-16(26-21)18-11-27(2)12-23-18/h4-5,10-12,14-16,30H,6-9,13H2,1-3H3,(H,27,29,31);4-5,10-14,17,29H,2-3,6-9H2,1H3,(H,26,28,30);4-5,10-15,29H,6-9H2,1-3H3,(H,26,28,30);4-5,8-12,25H,3,6-7H2,1-2H3,(H,22,24,26). The number of anilines is 8. The minimum absolute atomic E-state index is 0.00320. The number of carbonyl (C=O) groups excluding carboxylic acids is 4. The third-order valence-corrected chi connectivity index (χ3v) is 24.7. The molecule has 0 atom stereocenters. The number of hydrogen-bond donors (Lipinski definition) is 8. The summed E-state index contributed by atoms with van der Waals surface area (Å²) in [4.78, 5) is 132. The quantitative estimate of drug-likeness (QED) is 0.0351. The van der Waals surface area contributed by atoms with Crippen LogP contribution < -0.4 is 21.3 Å². The van der Waals surface area contributed by atoms with Crippen LogP contribution in [0.4, 0.5) is 46.5 Å². The third kappa shape index (κ3) is 20.6. The van der Waals surface area contributed by atoms with Crippen LogP contribution in [0, 0.1) is 12.8 Å². The summed E-state index contributed by atoms with van der Waals surface area (Å²) in [6.07, 6.45) is 25.5. The van der Waals surface area contributed by atoms with Gasteiger partial charge in [-0.1, -0.05) is 48.7 Å². The van der Waals surface area contributed by atoms with Crippen LogP contribution >= 0.6 is 34.8 Å². The van der Waals surface area contributed by atoms with Crippen molar-refractivity contribution in [3.63, 3.8) is 0 Å². The number of benzene rings is 4. The molecule has 16 heterocycles. The van der Waals surface area contributed by atoms with Crippen molar-refractivity contribution in [1.82, 2.24) is 132 Å². The van der Waals surface area contributed by atoms with E-state index in [4.69, 9.17) is 34.8 Å². The van der Waals surface area contributed by atoms with E-state index in [0.29, 0.717) is 106 Å². The molecule has 0 spiro atoms. The average Bonchev–Trinajstić information content (AvgIpc) is 1.65. The van der Waals surface area contributed by atoms with Crippen molar-refractivity contribution in [2.75, 3.05) is 134 Å². The maximum atomic E-state index is 13.0. The zero-order valence-electron chi connectivity index (χ0n) is 74.7. The molecule has 38 heteroatoms. The summed E-state index contributed by atoms with van der Waals surface area (Å²) in [7, 11) is 8.13. The van der Waals surface area contributed by atoms with Gasteiger partial charge in [-0.05, 0) is 170 Å². The normalized spacial score (nSPS) is 15.0. The van der Waals surface area contributed by atoms with Crippen molar-refractivity contribution in [3.8, 4) is 45.6 Å². The first kappa shape index (κ1) is 88.7. The van der Waals surface area contributed by atoms with E-state index >= 15 is 0 Å². The van der Waals surface area contributed by atoms with Crippen LogP contribution in [0.2, 0.25) is 15.1 Å². The van der Waals surface area contributed by atoms with Crippen LogP contribution in [0.25, 0.3) is 89.2 Å². The van der Waals surface area contributed by atoms with Crippen LogP contribution in [0.15, 0.2) is 172 Å². The van der Waals surface area contributed by atoms with Gasteiger partial charge in [0.1, 0.15) is 45.6 Å². The summed E-state index contributed by atoms with van der Waals surface area (Å²) in [6.45, 7) is 22.7. The zero-order valence-corrected chi connectivity index (χ0v) is 76.9. The molecule has 4 aromatic carbocycles. The Hall–Kier alpha value is -14.0. The molecule has 132 heavy (non-hydrogen) atoms. The Morgan fingerprint density at radius 3 is 1.08 bits per heavy atom. The Morgan fingerprint density at radius 1 is 0.379 bits per heavy atom. The van der Waals surface area contributed by atoms with E-state index < -0.39 is 0 Å². The minimum Gasteiger partial charge on any atom is -0.350 e. The minimum atomic E-state index is -0.00764. The number of nitrogens with zero attached hydrogens (tertiary/aromatic N) is 23. The molecule has 4 saturated heterocycles. The second-order valence-electron chi connectivity index (χ2n) is 34.8. The number of aromatic amines is 4. The number of fused-ring (bicyclic) bond motifs is 4. The van der Waals surface area contributed by atoms with Gasteiger partial charge in [0.25, 0.3) is 23.6 Å². The maximum Gasteiger partial charge on any atom is 0.270 e. The molecule has 0 radical (unpaired) electrons. The molecule has 678 valence electrons. The van der Waals surface area contributed by atoms with Gasteiger partial charge in [-0.3, -0.25) is 19.2 Å². The van der Waals surface area contributed by atoms with Crippen molar-refractivity contribution in [1.29, 1.82) is 0 Å². The van der Waals surface area contributed by atoms with Crippen molar-refractivity contribution in [2.45, 2.75) is 72.5 Å². The van der Waals surface area contributed by atoms with Gasteiger partial charge in [0.15, 0.2) is 0 Å². The summed E-state index contributed by atoms with van der Waals surface area (Å²) in [5.41, 5.74) is 15.8. The summed E-state index contributed by atoms with van der Waals surface area (Å²) in [6, 6.07) is 31.0. The van der Waals surface area contributed by atoms with Gasteiger partial charge >= 0.3 is 0 Å². The first-order valence-corrected chi connectivity index (χ1v) is 45.3. The molecule has 16 aromatic rings. The van der Waals surface area contributed by atoms with Crippen molar-refractivity contribution in [3.05, 3.63) is 215 Å². The monoisotopic (exact) mass is 1830 g/mol. The Bertz CT molecular complexity index is 6700. The molecule has 4 amide bonds. The first-order valence-electron chi connectivity index (χ1n) is 44.1. The first-order chi connectivity index (χ1) is 63.8. The van der Waals surface area contributed by atoms with Crippen LogP contribution in [0.3, 0.4) is 0 Å². The lowest BCUT2D eigenvalue weighted by Gasteiger charge is -2.32. The van der Waals surface area contributed by atoms with Crippen LogP contribution in [0.1, 0.15) is 107 Å². The fourth-order valence-electron chi connectivity index (χ4n) is 16.1. The molecule has 8 N–H and O–H groups in total. The number of likely N-dealkylation sites (tertiary alicyclic amines) is 1. The SMILES string of the molecule is CC(C)Cn1cnc(-c2ccnc(Nc3cc(Cl)c4[nH]c(C(=O)N5CCN(C)CC5)cc4c3)n2)c1.CC(C)n1cnc(-c2ccnc(Nc3cc(Cl)c4[nH]c(C(=O)N5CCN(C)CC5)cc4c3)n2)c1.CN1CCN(C(=O)c2cc3cc(Nc4nccc(-c5cn(C6CC6)cn5)n4)cc(Cl)c3[nH]2)CC1.Cc1cc(Nc2nccc(-c3cn(C)cn3)n2)cc2cc(C(=O)N3CCC3)[nH]c12. The van der Waals surface area contributed by atoms with Gasteiger partial charge in [0, 0.05) is 217 Å². The maximum absolute atomic E-state index is 13.0. The molecule has 1 saturated carbocycles. The number of H-pyrrole nitrogens is 4. The molecule has 21 rings (SSSR count). The number of carbonyl (C=O) groups is 4. The number of halogens is 3. The fourth-order valence-corrected chi connectivity index (χ4v) is 16.9. The molecule has 12 aromatic heterocycles. The van der Waals surface area contributed by atoms with Crippen LogP contribution in [-0.4, -0.2) is 269 Å². The number of piperazine rings is 3. The number of rotatable bonds is 20. The molecular formula is C94H102Cl3N31O4. The van der Waals surface area contributed by atoms with Gasteiger partial charge < -0.3 is 93.8 Å². The highest BCUT2D eigenvalue weighted by Crippen LogP contribution is 2.38.